The maximum Gasteiger partial charge on any atom is 0.0294 e. The first kappa shape index (κ1) is 6.86. The summed E-state index contributed by atoms with van der Waals surface area (Å²) in [4.78, 5) is 0. The van der Waals surface area contributed by atoms with Gasteiger partial charge in [-0.15, -0.1) is 0 Å². The molecule has 1 nitrogen and oxygen atoms in total. The first-order valence-electron chi connectivity index (χ1n) is 4.10. The number of hydrogen-bond acceptors (Lipinski definition) is 1. The standard InChI is InChI=1S/C10H12N/c1-8-10-5-3-2-4-9(10)6-7-11-8/h2,4-5,8,11H,6-7H2,1H3. The molecule has 0 saturated heterocycles. The van der Waals surface area contributed by atoms with Crippen molar-refractivity contribution in [3.63, 3.8) is 0 Å². The molecule has 1 aliphatic rings. The van der Waals surface area contributed by atoms with Gasteiger partial charge >= 0.3 is 0 Å². The molecule has 0 aliphatic carbocycles. The van der Waals surface area contributed by atoms with Crippen molar-refractivity contribution >= 4 is 0 Å². The van der Waals surface area contributed by atoms with Gasteiger partial charge in [-0.2, -0.15) is 0 Å². The lowest BCUT2D eigenvalue weighted by atomic mass is 9.96. The summed E-state index contributed by atoms with van der Waals surface area (Å²) in [5.74, 6) is 0. The van der Waals surface area contributed by atoms with Crippen LogP contribution in [0.5, 0.6) is 0 Å². The third-order valence-corrected chi connectivity index (χ3v) is 2.30. The van der Waals surface area contributed by atoms with Crippen molar-refractivity contribution < 1.29 is 0 Å². The molecule has 1 radical (unpaired) electrons. The van der Waals surface area contributed by atoms with Crippen LogP contribution in [-0.2, 0) is 6.42 Å². The molecule has 11 heavy (non-hydrogen) atoms. The molecule has 0 bridgehead atoms. The number of nitrogens with one attached hydrogen (secondary N) is 1. The van der Waals surface area contributed by atoms with Crippen molar-refractivity contribution in [2.24, 2.45) is 0 Å². The Morgan fingerprint density at radius 2 is 2.55 bits per heavy atom. The number of benzene rings is 1. The molecule has 1 atom stereocenters. The third kappa shape index (κ3) is 1.16. The van der Waals surface area contributed by atoms with Gasteiger partial charge in [0.15, 0.2) is 0 Å². The van der Waals surface area contributed by atoms with Gasteiger partial charge in [0.05, 0.1) is 0 Å². The quantitative estimate of drug-likeness (QED) is 0.587. The fraction of sp³-hybridized carbons (Fsp3) is 0.400. The Kier molecular flexibility index (Phi) is 1.66. The Morgan fingerprint density at radius 1 is 1.64 bits per heavy atom. The zero-order chi connectivity index (χ0) is 7.68. The predicted octanol–water partition coefficient (Wildman–Crippen LogP) is 1.69. The van der Waals surface area contributed by atoms with E-state index in [1.807, 2.05) is 6.07 Å². The Labute approximate surface area is 67.4 Å². The zero-order valence-corrected chi connectivity index (χ0v) is 6.72. The first-order chi connectivity index (χ1) is 5.38. The normalized spacial score (nSPS) is 22.8. The lowest BCUT2D eigenvalue weighted by Gasteiger charge is -2.23. The largest absolute Gasteiger partial charge is 0.310 e. The lowest BCUT2D eigenvalue weighted by molar-refractivity contribution is 0.541. The summed E-state index contributed by atoms with van der Waals surface area (Å²) in [6.45, 7) is 3.31. The van der Waals surface area contributed by atoms with Crippen molar-refractivity contribution in [2.75, 3.05) is 6.54 Å². The van der Waals surface area contributed by atoms with Gasteiger partial charge in [-0.05, 0) is 43.1 Å². The minimum atomic E-state index is 0.510. The van der Waals surface area contributed by atoms with E-state index in [9.17, 15) is 0 Å². The Balaban J connectivity index is 2.44. The second kappa shape index (κ2) is 2.67. The molecule has 0 aromatic heterocycles. The zero-order valence-electron chi connectivity index (χ0n) is 6.72. The fourth-order valence-corrected chi connectivity index (χ4v) is 1.64. The molecular weight excluding hydrogens is 134 g/mol. The summed E-state index contributed by atoms with van der Waals surface area (Å²) < 4.78 is 0. The van der Waals surface area contributed by atoms with Crippen molar-refractivity contribution in [2.45, 2.75) is 19.4 Å². The minimum Gasteiger partial charge on any atom is -0.310 e. The molecule has 57 valence electrons. The van der Waals surface area contributed by atoms with E-state index in [0.29, 0.717) is 6.04 Å². The smallest absolute Gasteiger partial charge is 0.0294 e. The van der Waals surface area contributed by atoms with Gasteiger partial charge in [0.2, 0.25) is 0 Å². The van der Waals surface area contributed by atoms with Gasteiger partial charge in [0, 0.05) is 6.04 Å². The number of rotatable bonds is 0. The molecular formula is C10H12N. The highest BCUT2D eigenvalue weighted by Gasteiger charge is 2.13. The molecule has 1 aromatic carbocycles. The minimum absolute atomic E-state index is 0.510. The maximum atomic E-state index is 3.42. The molecule has 1 heteroatoms. The van der Waals surface area contributed by atoms with E-state index in [1.54, 1.807) is 0 Å². The summed E-state index contributed by atoms with van der Waals surface area (Å²) in [7, 11) is 0. The van der Waals surface area contributed by atoms with Crippen LogP contribution in [0, 0.1) is 6.07 Å². The van der Waals surface area contributed by atoms with Gasteiger partial charge in [-0.1, -0.05) is 12.1 Å². The first-order valence-corrected chi connectivity index (χ1v) is 4.10. The van der Waals surface area contributed by atoms with Crippen LogP contribution < -0.4 is 5.32 Å². The summed E-state index contributed by atoms with van der Waals surface area (Å²) in [5, 5.41) is 3.42. The van der Waals surface area contributed by atoms with Crippen molar-refractivity contribution in [3.8, 4) is 0 Å². The van der Waals surface area contributed by atoms with Gasteiger partial charge in [-0.25, -0.2) is 0 Å². The van der Waals surface area contributed by atoms with Crippen molar-refractivity contribution in [3.05, 3.63) is 35.4 Å². The van der Waals surface area contributed by atoms with E-state index in [-0.39, 0.29) is 0 Å². The SMILES string of the molecule is CC1NCCc2cc[c]cc21. The second-order valence-electron chi connectivity index (χ2n) is 3.05. The van der Waals surface area contributed by atoms with Crippen LogP contribution in [0.2, 0.25) is 0 Å². The summed E-state index contributed by atoms with van der Waals surface area (Å²) in [5.41, 5.74) is 2.90. The average Bonchev–Trinajstić information content (AvgIpc) is 2.06. The lowest BCUT2D eigenvalue weighted by Crippen LogP contribution is -2.27. The van der Waals surface area contributed by atoms with Crippen LogP contribution in [0.3, 0.4) is 0 Å². The number of hydrogen-bond donors (Lipinski definition) is 1. The molecule has 1 unspecified atom stereocenters. The number of fused-ring (bicyclic) bond motifs is 1. The molecule has 0 amide bonds. The average molecular weight is 146 g/mol. The Hall–Kier alpha value is -0.820. The summed E-state index contributed by atoms with van der Waals surface area (Å²) in [6.07, 6.45) is 1.16. The molecule has 0 spiro atoms. The van der Waals surface area contributed by atoms with Crippen LogP contribution in [0.25, 0.3) is 0 Å². The highest BCUT2D eigenvalue weighted by molar-refractivity contribution is 5.31. The van der Waals surface area contributed by atoms with Gasteiger partial charge in [0.1, 0.15) is 0 Å². The molecule has 1 aromatic rings. The van der Waals surface area contributed by atoms with Gasteiger partial charge in [0.25, 0.3) is 0 Å². The van der Waals surface area contributed by atoms with E-state index >= 15 is 0 Å². The maximum absolute atomic E-state index is 3.42. The van der Waals surface area contributed by atoms with Crippen LogP contribution >= 0.6 is 0 Å². The van der Waals surface area contributed by atoms with Crippen LogP contribution in [0.15, 0.2) is 18.2 Å². The fourth-order valence-electron chi connectivity index (χ4n) is 1.64. The second-order valence-corrected chi connectivity index (χ2v) is 3.05. The van der Waals surface area contributed by atoms with Crippen LogP contribution in [0.1, 0.15) is 24.1 Å². The summed E-state index contributed by atoms with van der Waals surface area (Å²) in [6, 6.07) is 9.88. The van der Waals surface area contributed by atoms with Crippen molar-refractivity contribution in [1.29, 1.82) is 0 Å². The van der Waals surface area contributed by atoms with E-state index in [2.05, 4.69) is 30.4 Å². The predicted molar refractivity (Wildman–Crippen MR) is 45.4 cm³/mol. The Bertz CT molecular complexity index is 255. The van der Waals surface area contributed by atoms with Crippen molar-refractivity contribution in [1.82, 2.24) is 5.32 Å². The highest BCUT2D eigenvalue weighted by Crippen LogP contribution is 2.20. The molecule has 1 heterocycles. The molecule has 2 rings (SSSR count). The van der Waals surface area contributed by atoms with E-state index < -0.39 is 0 Å². The van der Waals surface area contributed by atoms with E-state index in [4.69, 9.17) is 0 Å². The monoisotopic (exact) mass is 146 g/mol. The highest BCUT2D eigenvalue weighted by atomic mass is 14.9. The summed E-state index contributed by atoms with van der Waals surface area (Å²) >= 11 is 0. The van der Waals surface area contributed by atoms with E-state index in [0.717, 1.165) is 13.0 Å². The molecule has 1 aliphatic heterocycles. The van der Waals surface area contributed by atoms with Crippen LogP contribution in [-0.4, -0.2) is 6.54 Å². The van der Waals surface area contributed by atoms with Crippen LogP contribution in [0.4, 0.5) is 0 Å². The van der Waals surface area contributed by atoms with Gasteiger partial charge in [-0.3, -0.25) is 0 Å². The molecule has 0 fully saturated rings. The third-order valence-electron chi connectivity index (χ3n) is 2.30. The molecule has 0 saturated carbocycles. The molecule has 1 N–H and O–H groups in total. The van der Waals surface area contributed by atoms with E-state index in [1.165, 1.54) is 11.1 Å². The van der Waals surface area contributed by atoms with Gasteiger partial charge < -0.3 is 5.32 Å². The Morgan fingerprint density at radius 3 is 3.36 bits per heavy atom. The topological polar surface area (TPSA) is 12.0 Å².